The predicted molar refractivity (Wildman–Crippen MR) is 76.6 cm³/mol. The van der Waals surface area contributed by atoms with Gasteiger partial charge in [0.05, 0.1) is 38.3 Å². The molecule has 0 bridgehead atoms. The van der Waals surface area contributed by atoms with Crippen molar-refractivity contribution in [1.82, 2.24) is 9.97 Å². The summed E-state index contributed by atoms with van der Waals surface area (Å²) in [7, 11) is 0. The second-order valence-electron chi connectivity index (χ2n) is 4.90. The molecule has 0 aromatic carbocycles. The SMILES string of the molecule is CCCOc1cncc(N(CC)C2COCC2C(=O)O)n1. The molecule has 1 saturated heterocycles. The minimum Gasteiger partial charge on any atom is -0.481 e. The van der Waals surface area contributed by atoms with Gasteiger partial charge in [0.1, 0.15) is 5.92 Å². The molecule has 2 rings (SSSR count). The van der Waals surface area contributed by atoms with Crippen LogP contribution in [0.1, 0.15) is 20.3 Å². The smallest absolute Gasteiger partial charge is 0.311 e. The zero-order chi connectivity index (χ0) is 15.2. The molecule has 1 fully saturated rings. The van der Waals surface area contributed by atoms with Crippen LogP contribution in [0, 0.1) is 5.92 Å². The Balaban J connectivity index is 2.18. The summed E-state index contributed by atoms with van der Waals surface area (Å²) in [6.45, 7) is 5.79. The summed E-state index contributed by atoms with van der Waals surface area (Å²) < 4.78 is 10.8. The number of carboxylic acids is 1. The van der Waals surface area contributed by atoms with Crippen LogP contribution in [0.15, 0.2) is 12.4 Å². The number of aromatic nitrogens is 2. The molecule has 1 aliphatic heterocycles. The summed E-state index contributed by atoms with van der Waals surface area (Å²) in [4.78, 5) is 21.8. The maximum Gasteiger partial charge on any atom is 0.311 e. The summed E-state index contributed by atoms with van der Waals surface area (Å²) in [6, 6.07) is -0.233. The van der Waals surface area contributed by atoms with Gasteiger partial charge in [0.25, 0.3) is 0 Å². The normalized spacial score (nSPS) is 21.2. The fraction of sp³-hybridized carbons (Fsp3) is 0.643. The van der Waals surface area contributed by atoms with Gasteiger partial charge in [-0.1, -0.05) is 6.92 Å². The van der Waals surface area contributed by atoms with Crippen LogP contribution in [-0.2, 0) is 9.53 Å². The van der Waals surface area contributed by atoms with Crippen LogP contribution in [0.5, 0.6) is 5.88 Å². The molecule has 0 saturated carbocycles. The number of anilines is 1. The van der Waals surface area contributed by atoms with Crippen molar-refractivity contribution in [2.45, 2.75) is 26.3 Å². The van der Waals surface area contributed by atoms with E-state index in [-0.39, 0.29) is 12.6 Å². The van der Waals surface area contributed by atoms with Crippen molar-refractivity contribution in [3.8, 4) is 5.88 Å². The van der Waals surface area contributed by atoms with E-state index in [1.54, 1.807) is 12.4 Å². The van der Waals surface area contributed by atoms with E-state index in [9.17, 15) is 9.90 Å². The molecule has 7 heteroatoms. The van der Waals surface area contributed by atoms with Gasteiger partial charge in [-0.05, 0) is 13.3 Å². The summed E-state index contributed by atoms with van der Waals surface area (Å²) >= 11 is 0. The van der Waals surface area contributed by atoms with Gasteiger partial charge in [-0.15, -0.1) is 0 Å². The molecule has 1 aliphatic rings. The number of nitrogens with zero attached hydrogens (tertiary/aromatic N) is 3. The Hall–Kier alpha value is -1.89. The number of ether oxygens (including phenoxy) is 2. The van der Waals surface area contributed by atoms with E-state index in [0.29, 0.717) is 31.5 Å². The van der Waals surface area contributed by atoms with E-state index >= 15 is 0 Å². The summed E-state index contributed by atoms with van der Waals surface area (Å²) in [5.41, 5.74) is 0. The van der Waals surface area contributed by atoms with Gasteiger partial charge in [0.15, 0.2) is 5.82 Å². The van der Waals surface area contributed by atoms with E-state index in [0.717, 1.165) is 6.42 Å². The Bertz CT molecular complexity index is 483. The van der Waals surface area contributed by atoms with Crippen LogP contribution in [0.2, 0.25) is 0 Å². The van der Waals surface area contributed by atoms with Gasteiger partial charge in [-0.25, -0.2) is 0 Å². The van der Waals surface area contributed by atoms with Gasteiger partial charge < -0.3 is 19.5 Å². The Morgan fingerprint density at radius 3 is 2.95 bits per heavy atom. The molecule has 21 heavy (non-hydrogen) atoms. The zero-order valence-corrected chi connectivity index (χ0v) is 12.4. The minimum absolute atomic E-state index is 0.232. The molecule has 0 amide bonds. The molecule has 1 aromatic rings. The molecule has 1 aromatic heterocycles. The minimum atomic E-state index is -0.845. The fourth-order valence-corrected chi connectivity index (χ4v) is 2.41. The Morgan fingerprint density at radius 2 is 2.29 bits per heavy atom. The van der Waals surface area contributed by atoms with Gasteiger partial charge in [-0.2, -0.15) is 4.98 Å². The molecule has 0 radical (unpaired) electrons. The van der Waals surface area contributed by atoms with E-state index < -0.39 is 11.9 Å². The zero-order valence-electron chi connectivity index (χ0n) is 12.4. The van der Waals surface area contributed by atoms with Crippen molar-refractivity contribution in [2.24, 2.45) is 5.92 Å². The topological polar surface area (TPSA) is 84.8 Å². The number of likely N-dealkylation sites (N-methyl/N-ethyl adjacent to an activating group) is 1. The second-order valence-corrected chi connectivity index (χ2v) is 4.90. The lowest BCUT2D eigenvalue weighted by Crippen LogP contribution is -2.43. The third kappa shape index (κ3) is 3.60. The number of hydrogen-bond donors (Lipinski definition) is 1. The van der Waals surface area contributed by atoms with Crippen molar-refractivity contribution in [3.05, 3.63) is 12.4 Å². The van der Waals surface area contributed by atoms with Crippen LogP contribution in [-0.4, -0.2) is 53.5 Å². The molecule has 2 heterocycles. The molecule has 1 N–H and O–H groups in total. The van der Waals surface area contributed by atoms with E-state index in [1.165, 1.54) is 0 Å². The monoisotopic (exact) mass is 295 g/mol. The van der Waals surface area contributed by atoms with Gasteiger partial charge in [-0.3, -0.25) is 9.78 Å². The van der Waals surface area contributed by atoms with Crippen molar-refractivity contribution >= 4 is 11.8 Å². The lowest BCUT2D eigenvalue weighted by molar-refractivity contribution is -0.141. The van der Waals surface area contributed by atoms with E-state index in [4.69, 9.17) is 9.47 Å². The number of carbonyl (C=O) groups is 1. The number of aliphatic carboxylic acids is 1. The highest BCUT2D eigenvalue weighted by atomic mass is 16.5. The Morgan fingerprint density at radius 1 is 1.48 bits per heavy atom. The molecular weight excluding hydrogens is 274 g/mol. The predicted octanol–water partition coefficient (Wildman–Crippen LogP) is 1.19. The molecule has 7 nitrogen and oxygen atoms in total. The quantitative estimate of drug-likeness (QED) is 0.808. The highest BCUT2D eigenvalue weighted by molar-refractivity contribution is 5.72. The maximum absolute atomic E-state index is 11.3. The molecule has 2 unspecified atom stereocenters. The van der Waals surface area contributed by atoms with E-state index in [1.807, 2.05) is 18.7 Å². The molecule has 2 atom stereocenters. The van der Waals surface area contributed by atoms with Crippen molar-refractivity contribution in [2.75, 3.05) is 31.3 Å². The third-order valence-electron chi connectivity index (χ3n) is 3.46. The largest absolute Gasteiger partial charge is 0.481 e. The first-order valence-corrected chi connectivity index (χ1v) is 7.19. The summed E-state index contributed by atoms with van der Waals surface area (Å²) in [6.07, 6.45) is 4.08. The van der Waals surface area contributed by atoms with Crippen LogP contribution < -0.4 is 9.64 Å². The molecule has 0 aliphatic carbocycles. The Labute approximate surface area is 123 Å². The fourth-order valence-electron chi connectivity index (χ4n) is 2.41. The molecular formula is C14H21N3O4. The number of rotatable bonds is 7. The maximum atomic E-state index is 11.3. The Kier molecular flexibility index (Phi) is 5.32. The highest BCUT2D eigenvalue weighted by Crippen LogP contribution is 2.25. The second kappa shape index (κ2) is 7.21. The van der Waals surface area contributed by atoms with Crippen LogP contribution in [0.3, 0.4) is 0 Å². The third-order valence-corrected chi connectivity index (χ3v) is 3.46. The summed E-state index contributed by atoms with van der Waals surface area (Å²) in [5.74, 6) is -0.319. The van der Waals surface area contributed by atoms with Crippen molar-refractivity contribution in [3.63, 3.8) is 0 Å². The first-order chi connectivity index (χ1) is 10.2. The van der Waals surface area contributed by atoms with Crippen LogP contribution >= 0.6 is 0 Å². The van der Waals surface area contributed by atoms with Crippen LogP contribution in [0.4, 0.5) is 5.82 Å². The molecule has 0 spiro atoms. The lowest BCUT2D eigenvalue weighted by Gasteiger charge is -2.30. The first-order valence-electron chi connectivity index (χ1n) is 7.19. The molecule has 116 valence electrons. The van der Waals surface area contributed by atoms with Gasteiger partial charge in [0.2, 0.25) is 5.88 Å². The summed E-state index contributed by atoms with van der Waals surface area (Å²) in [5, 5.41) is 9.28. The number of hydrogen-bond acceptors (Lipinski definition) is 6. The lowest BCUT2D eigenvalue weighted by atomic mass is 10.0. The standard InChI is InChI=1S/C14H21N3O4/c1-3-5-21-13-7-15-6-12(16-13)17(4-2)11-9-20-8-10(11)14(18)19/h6-7,10-11H,3-5,8-9H2,1-2H3,(H,18,19). The average molecular weight is 295 g/mol. The van der Waals surface area contributed by atoms with Crippen molar-refractivity contribution < 1.29 is 19.4 Å². The van der Waals surface area contributed by atoms with Crippen molar-refractivity contribution in [1.29, 1.82) is 0 Å². The number of carboxylic acid groups (broad SMARTS) is 1. The van der Waals surface area contributed by atoms with Crippen LogP contribution in [0.25, 0.3) is 0 Å². The highest BCUT2D eigenvalue weighted by Gasteiger charge is 2.38. The van der Waals surface area contributed by atoms with E-state index in [2.05, 4.69) is 9.97 Å². The van der Waals surface area contributed by atoms with Gasteiger partial charge >= 0.3 is 5.97 Å². The average Bonchev–Trinajstić information content (AvgIpc) is 2.96. The van der Waals surface area contributed by atoms with Gasteiger partial charge in [0, 0.05) is 6.54 Å². The first kappa shape index (κ1) is 15.5.